The Labute approximate surface area is 162 Å². The van der Waals surface area contributed by atoms with Crippen LogP contribution in [0.1, 0.15) is 5.56 Å². The first-order valence-electron chi connectivity index (χ1n) is 8.82. The maximum absolute atomic E-state index is 13.2. The van der Waals surface area contributed by atoms with Gasteiger partial charge >= 0.3 is 6.03 Å². The van der Waals surface area contributed by atoms with Gasteiger partial charge in [0, 0.05) is 31.2 Å². The number of benzene rings is 1. The number of urea groups is 1. The van der Waals surface area contributed by atoms with Gasteiger partial charge in [-0.25, -0.2) is 4.79 Å². The van der Waals surface area contributed by atoms with Crippen molar-refractivity contribution in [1.82, 2.24) is 15.1 Å². The molecule has 2 fully saturated rings. The predicted molar refractivity (Wildman–Crippen MR) is 99.2 cm³/mol. The molecule has 27 heavy (non-hydrogen) atoms. The number of nitrogens with two attached hydrogens (primary N) is 1. The Balaban J connectivity index is 1.72. The van der Waals surface area contributed by atoms with Crippen molar-refractivity contribution in [1.29, 1.82) is 0 Å². The molecule has 0 aromatic heterocycles. The van der Waals surface area contributed by atoms with Gasteiger partial charge in [0.05, 0.1) is 25.2 Å². The number of hydrogen-bond donors (Lipinski definition) is 2. The molecule has 3 N–H and O–H groups in total. The quantitative estimate of drug-likeness (QED) is 0.746. The third-order valence-electron chi connectivity index (χ3n) is 4.96. The molecule has 2 heterocycles. The van der Waals surface area contributed by atoms with Crippen LogP contribution in [0.5, 0.6) is 0 Å². The fraction of sp³-hybridized carbons (Fsp3) is 0.500. The van der Waals surface area contributed by atoms with Crippen molar-refractivity contribution in [3.8, 4) is 0 Å². The van der Waals surface area contributed by atoms with Gasteiger partial charge < -0.3 is 25.6 Å². The second-order valence-corrected chi connectivity index (χ2v) is 7.39. The van der Waals surface area contributed by atoms with E-state index in [9.17, 15) is 14.4 Å². The summed E-state index contributed by atoms with van der Waals surface area (Å²) in [5.74, 6) is -0.219. The van der Waals surface area contributed by atoms with Crippen molar-refractivity contribution in [3.63, 3.8) is 0 Å². The summed E-state index contributed by atoms with van der Waals surface area (Å²) in [7, 11) is 0. The Morgan fingerprint density at radius 2 is 1.74 bits per heavy atom. The minimum atomic E-state index is -0.749. The molecule has 0 spiro atoms. The molecule has 4 amide bonds. The normalized spacial score (nSPS) is 18.6. The van der Waals surface area contributed by atoms with E-state index in [1.165, 1.54) is 0 Å². The Bertz CT molecular complexity index is 713. The van der Waals surface area contributed by atoms with Crippen molar-refractivity contribution in [2.24, 2.45) is 11.1 Å². The van der Waals surface area contributed by atoms with Crippen molar-refractivity contribution < 1.29 is 19.1 Å². The number of carbonyl (C=O) groups is 3. The fourth-order valence-corrected chi connectivity index (χ4v) is 3.68. The van der Waals surface area contributed by atoms with Crippen LogP contribution in [0.4, 0.5) is 4.79 Å². The van der Waals surface area contributed by atoms with Crippen LogP contribution < -0.4 is 11.1 Å². The molecule has 9 heteroatoms. The van der Waals surface area contributed by atoms with Gasteiger partial charge in [0.15, 0.2) is 0 Å². The zero-order chi connectivity index (χ0) is 19.4. The first kappa shape index (κ1) is 19.4. The molecule has 2 saturated heterocycles. The van der Waals surface area contributed by atoms with Gasteiger partial charge in [-0.05, 0) is 24.1 Å². The van der Waals surface area contributed by atoms with E-state index in [4.69, 9.17) is 22.1 Å². The van der Waals surface area contributed by atoms with E-state index in [1.807, 2.05) is 17.0 Å². The zero-order valence-corrected chi connectivity index (χ0v) is 15.7. The molecule has 0 aliphatic carbocycles. The van der Waals surface area contributed by atoms with Crippen LogP contribution in [0.25, 0.3) is 0 Å². The molecular formula is C18H23ClN4O4. The molecule has 2 aliphatic rings. The van der Waals surface area contributed by atoms with Crippen LogP contribution in [-0.2, 0) is 20.7 Å². The van der Waals surface area contributed by atoms with Gasteiger partial charge in [0.1, 0.15) is 0 Å². The number of nitrogens with one attached hydrogen (secondary N) is 1. The van der Waals surface area contributed by atoms with Gasteiger partial charge in [-0.2, -0.15) is 0 Å². The maximum Gasteiger partial charge on any atom is 0.312 e. The van der Waals surface area contributed by atoms with Crippen molar-refractivity contribution in [2.45, 2.75) is 6.42 Å². The van der Waals surface area contributed by atoms with Crippen LogP contribution in [0.15, 0.2) is 24.3 Å². The standard InChI is InChI=1S/C18H23ClN4O4/c19-14-3-1-13(2-4-14)9-18(16(25)22-5-7-27-8-6-22)11-23(12-18)15(24)10-21-17(20)26/h1-4H,5-12H2,(H3,20,21,26). The van der Waals surface area contributed by atoms with Crippen LogP contribution in [0.2, 0.25) is 5.02 Å². The fourth-order valence-electron chi connectivity index (χ4n) is 3.55. The average molecular weight is 395 g/mol. The Morgan fingerprint density at radius 1 is 1.11 bits per heavy atom. The van der Waals surface area contributed by atoms with E-state index < -0.39 is 11.4 Å². The molecule has 3 rings (SSSR count). The lowest BCUT2D eigenvalue weighted by Gasteiger charge is -2.51. The van der Waals surface area contributed by atoms with Crippen LogP contribution in [-0.4, -0.2) is 73.6 Å². The summed E-state index contributed by atoms with van der Waals surface area (Å²) < 4.78 is 5.33. The Kier molecular flexibility index (Phi) is 5.86. The average Bonchev–Trinajstić information content (AvgIpc) is 2.64. The number of amides is 4. The molecule has 1 aromatic carbocycles. The first-order chi connectivity index (χ1) is 12.9. The van der Waals surface area contributed by atoms with Gasteiger partial charge in [0.25, 0.3) is 0 Å². The molecule has 8 nitrogen and oxygen atoms in total. The SMILES string of the molecule is NC(=O)NCC(=O)N1CC(Cc2ccc(Cl)cc2)(C(=O)N2CCOCC2)C1. The summed E-state index contributed by atoms with van der Waals surface area (Å²) in [6, 6.07) is 6.64. The zero-order valence-electron chi connectivity index (χ0n) is 14.9. The number of carbonyl (C=O) groups excluding carboxylic acids is 3. The number of hydrogen-bond acceptors (Lipinski definition) is 4. The van der Waals surface area contributed by atoms with Crippen molar-refractivity contribution >= 4 is 29.4 Å². The van der Waals surface area contributed by atoms with Crippen LogP contribution in [0, 0.1) is 5.41 Å². The largest absolute Gasteiger partial charge is 0.378 e. The minimum Gasteiger partial charge on any atom is -0.378 e. The van der Waals surface area contributed by atoms with E-state index in [2.05, 4.69) is 5.32 Å². The molecule has 1 aromatic rings. The molecule has 0 bridgehead atoms. The molecule has 0 saturated carbocycles. The lowest BCUT2D eigenvalue weighted by Crippen LogP contribution is -2.67. The molecule has 0 atom stereocenters. The highest BCUT2D eigenvalue weighted by atomic mass is 35.5. The smallest absolute Gasteiger partial charge is 0.312 e. The van der Waals surface area contributed by atoms with E-state index >= 15 is 0 Å². The van der Waals surface area contributed by atoms with Gasteiger partial charge in [-0.3, -0.25) is 9.59 Å². The highest BCUT2D eigenvalue weighted by Gasteiger charge is 2.52. The number of likely N-dealkylation sites (tertiary alicyclic amines) is 1. The number of morpholine rings is 1. The maximum atomic E-state index is 13.2. The van der Waals surface area contributed by atoms with E-state index in [0.29, 0.717) is 50.8 Å². The summed E-state index contributed by atoms with van der Waals surface area (Å²) in [6.07, 6.45) is 0.521. The lowest BCUT2D eigenvalue weighted by molar-refractivity contribution is -0.163. The number of ether oxygens (including phenoxy) is 1. The second kappa shape index (κ2) is 8.14. The number of rotatable bonds is 5. The predicted octanol–water partition coefficient (Wildman–Crippen LogP) is 0.238. The van der Waals surface area contributed by atoms with Gasteiger partial charge in [-0.15, -0.1) is 0 Å². The van der Waals surface area contributed by atoms with Crippen LogP contribution in [0.3, 0.4) is 0 Å². The van der Waals surface area contributed by atoms with Crippen molar-refractivity contribution in [3.05, 3.63) is 34.9 Å². The van der Waals surface area contributed by atoms with Gasteiger partial charge in [0.2, 0.25) is 11.8 Å². The molecule has 0 unspecified atom stereocenters. The monoisotopic (exact) mass is 394 g/mol. The summed E-state index contributed by atoms with van der Waals surface area (Å²) >= 11 is 5.95. The lowest BCUT2D eigenvalue weighted by atomic mass is 9.73. The first-order valence-corrected chi connectivity index (χ1v) is 9.20. The Hall–Kier alpha value is -2.32. The van der Waals surface area contributed by atoms with E-state index in [1.54, 1.807) is 17.0 Å². The summed E-state index contributed by atoms with van der Waals surface area (Å²) in [5.41, 5.74) is 5.33. The van der Waals surface area contributed by atoms with E-state index in [0.717, 1.165) is 5.56 Å². The summed E-state index contributed by atoms with van der Waals surface area (Å²) in [6.45, 7) is 2.60. The van der Waals surface area contributed by atoms with Crippen molar-refractivity contribution in [2.75, 3.05) is 45.9 Å². The number of halogens is 1. The molecule has 2 aliphatic heterocycles. The number of nitrogens with zero attached hydrogens (tertiary/aromatic N) is 2. The number of primary amides is 1. The Morgan fingerprint density at radius 3 is 2.33 bits per heavy atom. The molecule has 0 radical (unpaired) electrons. The summed E-state index contributed by atoms with van der Waals surface area (Å²) in [5, 5.41) is 2.93. The minimum absolute atomic E-state index is 0.0349. The van der Waals surface area contributed by atoms with Crippen LogP contribution >= 0.6 is 11.6 Å². The highest BCUT2D eigenvalue weighted by Crippen LogP contribution is 2.37. The third kappa shape index (κ3) is 4.51. The van der Waals surface area contributed by atoms with Gasteiger partial charge in [-0.1, -0.05) is 23.7 Å². The topological polar surface area (TPSA) is 105 Å². The third-order valence-corrected chi connectivity index (χ3v) is 5.21. The second-order valence-electron chi connectivity index (χ2n) is 6.96. The highest BCUT2D eigenvalue weighted by molar-refractivity contribution is 6.30. The summed E-state index contributed by atoms with van der Waals surface area (Å²) in [4.78, 5) is 39.6. The van der Waals surface area contributed by atoms with E-state index in [-0.39, 0.29) is 18.4 Å². The molecule has 146 valence electrons. The molecular weight excluding hydrogens is 372 g/mol.